The molecule has 0 fully saturated rings. The zero-order valence-corrected chi connectivity index (χ0v) is 12.3. The molecule has 2 N–H and O–H groups in total. The van der Waals surface area contributed by atoms with E-state index >= 15 is 0 Å². The highest BCUT2D eigenvalue weighted by Crippen LogP contribution is 2.17. The Hall–Kier alpha value is -1.99. The number of nitrogens with one attached hydrogen (secondary N) is 2. The molecule has 0 aliphatic carbocycles. The SMILES string of the molecule is C#CCOc1ccccc1CNC(C)C(=O)NC(C)C. The number of para-hydroxylation sites is 1. The Morgan fingerprint density at radius 1 is 1.35 bits per heavy atom. The molecule has 1 unspecified atom stereocenters. The summed E-state index contributed by atoms with van der Waals surface area (Å²) >= 11 is 0. The number of rotatable bonds is 7. The van der Waals surface area contributed by atoms with Gasteiger partial charge in [-0.05, 0) is 26.8 Å². The second-order valence-electron chi connectivity index (χ2n) is 4.87. The van der Waals surface area contributed by atoms with Crippen LogP contribution in [0.2, 0.25) is 0 Å². The van der Waals surface area contributed by atoms with Crippen LogP contribution in [0, 0.1) is 12.3 Å². The van der Waals surface area contributed by atoms with E-state index in [4.69, 9.17) is 11.2 Å². The van der Waals surface area contributed by atoms with Crippen LogP contribution in [0.15, 0.2) is 24.3 Å². The lowest BCUT2D eigenvalue weighted by Gasteiger charge is -2.17. The summed E-state index contributed by atoms with van der Waals surface area (Å²) in [6, 6.07) is 7.51. The Morgan fingerprint density at radius 2 is 2.05 bits per heavy atom. The van der Waals surface area contributed by atoms with Crippen molar-refractivity contribution in [3.63, 3.8) is 0 Å². The van der Waals surface area contributed by atoms with Crippen molar-refractivity contribution in [3.8, 4) is 18.1 Å². The molecule has 108 valence electrons. The number of amides is 1. The van der Waals surface area contributed by atoms with Crippen LogP contribution in [0.25, 0.3) is 0 Å². The van der Waals surface area contributed by atoms with Gasteiger partial charge < -0.3 is 15.4 Å². The van der Waals surface area contributed by atoms with E-state index in [1.807, 2.05) is 45.0 Å². The van der Waals surface area contributed by atoms with Crippen molar-refractivity contribution >= 4 is 5.91 Å². The fourth-order valence-electron chi connectivity index (χ4n) is 1.68. The first-order chi connectivity index (χ1) is 9.54. The molecule has 0 saturated carbocycles. The van der Waals surface area contributed by atoms with Crippen LogP contribution in [-0.4, -0.2) is 24.6 Å². The van der Waals surface area contributed by atoms with Crippen LogP contribution >= 0.6 is 0 Å². The van der Waals surface area contributed by atoms with E-state index in [9.17, 15) is 4.79 Å². The number of hydrogen-bond acceptors (Lipinski definition) is 3. The first kappa shape index (κ1) is 16.1. The summed E-state index contributed by atoms with van der Waals surface area (Å²) in [7, 11) is 0. The smallest absolute Gasteiger partial charge is 0.237 e. The lowest BCUT2D eigenvalue weighted by Crippen LogP contribution is -2.44. The van der Waals surface area contributed by atoms with Crippen molar-refractivity contribution in [1.82, 2.24) is 10.6 Å². The minimum atomic E-state index is -0.266. The maximum atomic E-state index is 11.8. The Labute approximate surface area is 120 Å². The van der Waals surface area contributed by atoms with Crippen molar-refractivity contribution in [2.24, 2.45) is 0 Å². The number of carbonyl (C=O) groups is 1. The molecule has 0 heterocycles. The normalized spacial score (nSPS) is 11.8. The summed E-state index contributed by atoms with van der Waals surface area (Å²) in [5.74, 6) is 3.17. The van der Waals surface area contributed by atoms with E-state index in [1.54, 1.807) is 0 Å². The van der Waals surface area contributed by atoms with Gasteiger partial charge in [0.15, 0.2) is 0 Å². The molecule has 4 nitrogen and oxygen atoms in total. The number of carbonyl (C=O) groups excluding carboxylic acids is 1. The summed E-state index contributed by atoms with van der Waals surface area (Å²) in [4.78, 5) is 11.8. The van der Waals surface area contributed by atoms with Gasteiger partial charge in [0.25, 0.3) is 0 Å². The standard InChI is InChI=1S/C16H22N2O2/c1-5-10-20-15-9-7-6-8-14(15)11-17-13(4)16(19)18-12(2)3/h1,6-9,12-13,17H,10-11H2,2-4H3,(H,18,19). The van der Waals surface area contributed by atoms with E-state index in [1.165, 1.54) is 0 Å². The molecule has 1 aromatic carbocycles. The molecule has 0 aliphatic heterocycles. The number of benzene rings is 1. The summed E-state index contributed by atoms with van der Waals surface area (Å²) in [6.07, 6.45) is 5.19. The predicted octanol–water partition coefficient (Wildman–Crippen LogP) is 1.70. The van der Waals surface area contributed by atoms with Crippen molar-refractivity contribution in [2.45, 2.75) is 39.4 Å². The van der Waals surface area contributed by atoms with Gasteiger partial charge in [-0.3, -0.25) is 4.79 Å². The van der Waals surface area contributed by atoms with Gasteiger partial charge in [0.2, 0.25) is 5.91 Å². The molecule has 0 radical (unpaired) electrons. The number of terminal acetylenes is 1. The summed E-state index contributed by atoms with van der Waals surface area (Å²) in [6.45, 7) is 6.50. The van der Waals surface area contributed by atoms with Crippen LogP contribution in [-0.2, 0) is 11.3 Å². The van der Waals surface area contributed by atoms with Crippen molar-refractivity contribution in [3.05, 3.63) is 29.8 Å². The Balaban J connectivity index is 2.57. The largest absolute Gasteiger partial charge is 0.481 e. The van der Waals surface area contributed by atoms with Crippen molar-refractivity contribution in [2.75, 3.05) is 6.61 Å². The third kappa shape index (κ3) is 5.33. The molecule has 0 aromatic heterocycles. The quantitative estimate of drug-likeness (QED) is 0.744. The highest BCUT2D eigenvalue weighted by Gasteiger charge is 2.13. The maximum Gasteiger partial charge on any atom is 0.237 e. The van der Waals surface area contributed by atoms with E-state index in [2.05, 4.69) is 16.6 Å². The fourth-order valence-corrected chi connectivity index (χ4v) is 1.68. The van der Waals surface area contributed by atoms with E-state index in [0.29, 0.717) is 6.54 Å². The van der Waals surface area contributed by atoms with Gasteiger partial charge in [-0.1, -0.05) is 24.1 Å². The van der Waals surface area contributed by atoms with Crippen LogP contribution in [0.1, 0.15) is 26.3 Å². The molecule has 1 atom stereocenters. The minimum absolute atomic E-state index is 0.0120. The minimum Gasteiger partial charge on any atom is -0.481 e. The zero-order valence-electron chi connectivity index (χ0n) is 12.3. The highest BCUT2D eigenvalue weighted by molar-refractivity contribution is 5.81. The number of ether oxygens (including phenoxy) is 1. The predicted molar refractivity (Wildman–Crippen MR) is 80.4 cm³/mol. The molecule has 20 heavy (non-hydrogen) atoms. The van der Waals surface area contributed by atoms with Crippen LogP contribution < -0.4 is 15.4 Å². The van der Waals surface area contributed by atoms with Crippen LogP contribution in [0.5, 0.6) is 5.75 Å². The summed E-state index contributed by atoms with van der Waals surface area (Å²) < 4.78 is 5.47. The summed E-state index contributed by atoms with van der Waals surface area (Å²) in [5, 5.41) is 6.05. The van der Waals surface area contributed by atoms with Crippen LogP contribution in [0.3, 0.4) is 0 Å². The molecular weight excluding hydrogens is 252 g/mol. The maximum absolute atomic E-state index is 11.8. The Bertz CT molecular complexity index is 478. The second-order valence-corrected chi connectivity index (χ2v) is 4.87. The molecule has 1 aromatic rings. The third-order valence-corrected chi connectivity index (χ3v) is 2.71. The average Bonchev–Trinajstić information content (AvgIpc) is 2.42. The molecule has 0 bridgehead atoms. The molecule has 0 aliphatic rings. The van der Waals surface area contributed by atoms with Gasteiger partial charge in [0.05, 0.1) is 6.04 Å². The molecule has 1 rings (SSSR count). The lowest BCUT2D eigenvalue weighted by molar-refractivity contribution is -0.123. The van der Waals surface area contributed by atoms with Gasteiger partial charge in [0.1, 0.15) is 12.4 Å². The van der Waals surface area contributed by atoms with E-state index in [0.717, 1.165) is 11.3 Å². The first-order valence-electron chi connectivity index (χ1n) is 6.72. The Morgan fingerprint density at radius 3 is 2.70 bits per heavy atom. The average molecular weight is 274 g/mol. The Kier molecular flexibility index (Phi) is 6.61. The molecular formula is C16H22N2O2. The van der Waals surface area contributed by atoms with Gasteiger partial charge in [0, 0.05) is 18.2 Å². The van der Waals surface area contributed by atoms with Crippen LogP contribution in [0.4, 0.5) is 0 Å². The third-order valence-electron chi connectivity index (χ3n) is 2.71. The topological polar surface area (TPSA) is 50.4 Å². The van der Waals surface area contributed by atoms with Gasteiger partial charge >= 0.3 is 0 Å². The van der Waals surface area contributed by atoms with Crippen molar-refractivity contribution < 1.29 is 9.53 Å². The first-order valence-corrected chi connectivity index (χ1v) is 6.72. The molecule has 4 heteroatoms. The lowest BCUT2D eigenvalue weighted by atomic mass is 10.2. The fraction of sp³-hybridized carbons (Fsp3) is 0.438. The molecule has 0 saturated heterocycles. The van der Waals surface area contributed by atoms with E-state index in [-0.39, 0.29) is 24.6 Å². The van der Waals surface area contributed by atoms with Gasteiger partial charge in [-0.25, -0.2) is 0 Å². The van der Waals surface area contributed by atoms with Crippen molar-refractivity contribution in [1.29, 1.82) is 0 Å². The molecule has 1 amide bonds. The number of hydrogen-bond donors (Lipinski definition) is 2. The highest BCUT2D eigenvalue weighted by atomic mass is 16.5. The van der Waals surface area contributed by atoms with E-state index < -0.39 is 0 Å². The molecule has 0 spiro atoms. The summed E-state index contributed by atoms with van der Waals surface area (Å²) in [5.41, 5.74) is 0.979. The second kappa shape index (κ2) is 8.23. The van der Waals surface area contributed by atoms with Gasteiger partial charge in [-0.2, -0.15) is 0 Å². The van der Waals surface area contributed by atoms with Gasteiger partial charge in [-0.15, -0.1) is 6.42 Å². The zero-order chi connectivity index (χ0) is 15.0. The monoisotopic (exact) mass is 274 g/mol.